The third kappa shape index (κ3) is 3.85. The Hall–Kier alpha value is -2.09. The second kappa shape index (κ2) is 7.65. The van der Waals surface area contributed by atoms with E-state index in [4.69, 9.17) is 22.1 Å². The minimum absolute atomic E-state index is 0.153. The zero-order valence-corrected chi connectivity index (χ0v) is 15.6. The first kappa shape index (κ1) is 17.3. The normalized spacial score (nSPS) is 16.9. The molecule has 1 aliphatic heterocycles. The summed E-state index contributed by atoms with van der Waals surface area (Å²) in [5.74, 6) is 0.153. The number of nitrogens with two attached hydrogens (primary N) is 1. The molecule has 4 rings (SSSR count). The van der Waals surface area contributed by atoms with Crippen LogP contribution in [-0.4, -0.2) is 32.2 Å². The van der Waals surface area contributed by atoms with E-state index < -0.39 is 0 Å². The van der Waals surface area contributed by atoms with Crippen LogP contribution in [0.3, 0.4) is 0 Å². The maximum absolute atomic E-state index is 6.00. The number of benzene rings is 1. The Morgan fingerprint density at radius 3 is 2.85 bits per heavy atom. The van der Waals surface area contributed by atoms with Crippen LogP contribution in [0.15, 0.2) is 52.8 Å². The number of halogens is 1. The molecule has 2 aromatic heterocycles. The van der Waals surface area contributed by atoms with E-state index in [2.05, 4.69) is 31.7 Å². The summed E-state index contributed by atoms with van der Waals surface area (Å²) in [5, 5.41) is 1.82. The SMILES string of the molecule is Nc1nc(Cl)cc(Sc2ncc(-c3ccccc3)n2C[C@H]2CCCO2)n1. The van der Waals surface area contributed by atoms with E-state index in [1.54, 1.807) is 6.07 Å². The standard InChI is InChI=1S/C18H18ClN5OS/c19-15-9-16(23-17(20)22-15)26-18-21-10-14(12-5-2-1-3-6-12)24(18)11-13-7-4-8-25-13/h1-3,5-6,9-10,13H,4,7-8,11H2,(H2,20,22,23)/t13-/m1/s1. The molecule has 0 unspecified atom stereocenters. The van der Waals surface area contributed by atoms with Crippen molar-refractivity contribution < 1.29 is 4.74 Å². The van der Waals surface area contributed by atoms with Gasteiger partial charge in [0, 0.05) is 12.7 Å². The van der Waals surface area contributed by atoms with Gasteiger partial charge in [-0.15, -0.1) is 0 Å². The van der Waals surface area contributed by atoms with Crippen LogP contribution in [0.2, 0.25) is 5.15 Å². The Kier molecular flexibility index (Phi) is 5.10. The summed E-state index contributed by atoms with van der Waals surface area (Å²) in [5.41, 5.74) is 7.88. The highest BCUT2D eigenvalue weighted by Gasteiger charge is 2.21. The molecule has 2 N–H and O–H groups in total. The van der Waals surface area contributed by atoms with E-state index in [9.17, 15) is 0 Å². The Bertz CT molecular complexity index is 876. The number of imidazole rings is 1. The summed E-state index contributed by atoms with van der Waals surface area (Å²) in [4.78, 5) is 12.8. The molecule has 0 saturated carbocycles. The lowest BCUT2D eigenvalue weighted by atomic mass is 10.1. The Labute approximate surface area is 160 Å². The van der Waals surface area contributed by atoms with E-state index in [0.29, 0.717) is 10.2 Å². The first-order valence-electron chi connectivity index (χ1n) is 8.39. The Morgan fingerprint density at radius 1 is 1.27 bits per heavy atom. The zero-order chi connectivity index (χ0) is 17.9. The van der Waals surface area contributed by atoms with Crippen molar-refractivity contribution in [2.24, 2.45) is 0 Å². The molecule has 3 heterocycles. The summed E-state index contributed by atoms with van der Waals surface area (Å²) in [6.45, 7) is 1.57. The first-order valence-corrected chi connectivity index (χ1v) is 9.59. The maximum Gasteiger partial charge on any atom is 0.222 e. The number of hydrogen-bond acceptors (Lipinski definition) is 6. The minimum atomic E-state index is 0.153. The van der Waals surface area contributed by atoms with Gasteiger partial charge < -0.3 is 15.0 Å². The van der Waals surface area contributed by atoms with Gasteiger partial charge in [0.05, 0.1) is 24.5 Å². The monoisotopic (exact) mass is 387 g/mol. The molecular weight excluding hydrogens is 370 g/mol. The van der Waals surface area contributed by atoms with Crippen molar-refractivity contribution in [3.63, 3.8) is 0 Å². The zero-order valence-electron chi connectivity index (χ0n) is 14.0. The molecule has 1 fully saturated rings. The van der Waals surface area contributed by atoms with Crippen molar-refractivity contribution >= 4 is 29.3 Å². The molecule has 26 heavy (non-hydrogen) atoms. The van der Waals surface area contributed by atoms with Crippen LogP contribution in [0.5, 0.6) is 0 Å². The molecule has 0 bridgehead atoms. The van der Waals surface area contributed by atoms with E-state index in [1.165, 1.54) is 11.8 Å². The second-order valence-electron chi connectivity index (χ2n) is 6.03. The fraction of sp³-hybridized carbons (Fsp3) is 0.278. The highest BCUT2D eigenvalue weighted by molar-refractivity contribution is 7.99. The van der Waals surface area contributed by atoms with Gasteiger partial charge in [0.1, 0.15) is 10.2 Å². The molecule has 0 spiro atoms. The lowest BCUT2D eigenvalue weighted by Crippen LogP contribution is -2.16. The van der Waals surface area contributed by atoms with Gasteiger partial charge in [-0.05, 0) is 30.2 Å². The van der Waals surface area contributed by atoms with Crippen LogP contribution in [-0.2, 0) is 11.3 Å². The summed E-state index contributed by atoms with van der Waals surface area (Å²) >= 11 is 7.43. The van der Waals surface area contributed by atoms with Crippen molar-refractivity contribution in [1.82, 2.24) is 19.5 Å². The minimum Gasteiger partial charge on any atom is -0.376 e. The van der Waals surface area contributed by atoms with Gasteiger partial charge in [-0.25, -0.2) is 15.0 Å². The predicted molar refractivity (Wildman–Crippen MR) is 102 cm³/mol. The number of anilines is 1. The molecule has 3 aromatic rings. The van der Waals surface area contributed by atoms with Crippen molar-refractivity contribution in [1.29, 1.82) is 0 Å². The molecule has 0 amide bonds. The molecule has 8 heteroatoms. The van der Waals surface area contributed by atoms with Crippen LogP contribution in [0, 0.1) is 0 Å². The molecule has 6 nitrogen and oxygen atoms in total. The van der Waals surface area contributed by atoms with Crippen LogP contribution in [0.4, 0.5) is 5.95 Å². The summed E-state index contributed by atoms with van der Waals surface area (Å²) in [6.07, 6.45) is 4.24. The maximum atomic E-state index is 6.00. The van der Waals surface area contributed by atoms with Crippen molar-refractivity contribution in [3.8, 4) is 11.3 Å². The summed E-state index contributed by atoms with van der Waals surface area (Å²) in [6, 6.07) is 11.9. The molecule has 0 radical (unpaired) electrons. The van der Waals surface area contributed by atoms with Crippen molar-refractivity contribution in [3.05, 3.63) is 47.7 Å². The number of rotatable bonds is 5. The van der Waals surface area contributed by atoms with E-state index in [0.717, 1.165) is 42.4 Å². The van der Waals surface area contributed by atoms with Gasteiger partial charge in [-0.2, -0.15) is 0 Å². The Balaban J connectivity index is 1.70. The van der Waals surface area contributed by atoms with Crippen LogP contribution in [0.25, 0.3) is 11.3 Å². The fourth-order valence-corrected chi connectivity index (χ4v) is 4.15. The van der Waals surface area contributed by atoms with E-state index >= 15 is 0 Å². The van der Waals surface area contributed by atoms with Gasteiger partial charge in [-0.1, -0.05) is 41.9 Å². The fourth-order valence-electron chi connectivity index (χ4n) is 3.01. The Morgan fingerprint density at radius 2 is 2.12 bits per heavy atom. The van der Waals surface area contributed by atoms with Crippen LogP contribution < -0.4 is 5.73 Å². The first-order chi connectivity index (χ1) is 12.7. The highest BCUT2D eigenvalue weighted by Crippen LogP contribution is 2.32. The smallest absolute Gasteiger partial charge is 0.222 e. The van der Waals surface area contributed by atoms with Gasteiger partial charge in [-0.3, -0.25) is 0 Å². The highest BCUT2D eigenvalue weighted by atomic mass is 35.5. The van der Waals surface area contributed by atoms with Crippen LogP contribution >= 0.6 is 23.4 Å². The molecule has 0 aliphatic carbocycles. The van der Waals surface area contributed by atoms with E-state index in [1.807, 2.05) is 24.4 Å². The number of nitrogens with zero attached hydrogens (tertiary/aromatic N) is 4. The van der Waals surface area contributed by atoms with Crippen molar-refractivity contribution in [2.75, 3.05) is 12.3 Å². The largest absolute Gasteiger partial charge is 0.376 e. The van der Waals surface area contributed by atoms with E-state index in [-0.39, 0.29) is 12.1 Å². The van der Waals surface area contributed by atoms with Gasteiger partial charge in [0.15, 0.2) is 5.16 Å². The third-order valence-electron chi connectivity index (χ3n) is 4.18. The summed E-state index contributed by atoms with van der Waals surface area (Å²) in [7, 11) is 0. The molecule has 1 aromatic carbocycles. The number of nitrogen functional groups attached to an aromatic ring is 1. The molecule has 134 valence electrons. The quantitative estimate of drug-likeness (QED) is 0.669. The van der Waals surface area contributed by atoms with Gasteiger partial charge >= 0.3 is 0 Å². The lowest BCUT2D eigenvalue weighted by Gasteiger charge is -2.16. The lowest BCUT2D eigenvalue weighted by molar-refractivity contribution is 0.0954. The van der Waals surface area contributed by atoms with Gasteiger partial charge in [0.2, 0.25) is 5.95 Å². The third-order valence-corrected chi connectivity index (χ3v) is 5.30. The molecule has 1 aliphatic rings. The molecular formula is C18H18ClN5OS. The van der Waals surface area contributed by atoms with Gasteiger partial charge in [0.25, 0.3) is 0 Å². The molecule has 1 atom stereocenters. The number of ether oxygens (including phenoxy) is 1. The topological polar surface area (TPSA) is 78.8 Å². The van der Waals surface area contributed by atoms with Crippen molar-refractivity contribution in [2.45, 2.75) is 35.7 Å². The molecule has 1 saturated heterocycles. The average molecular weight is 388 g/mol. The summed E-state index contributed by atoms with van der Waals surface area (Å²) < 4.78 is 8.02. The van der Waals surface area contributed by atoms with Crippen LogP contribution in [0.1, 0.15) is 12.8 Å². The number of hydrogen-bond donors (Lipinski definition) is 1. The second-order valence-corrected chi connectivity index (χ2v) is 7.40. The number of aromatic nitrogens is 4. The average Bonchev–Trinajstić information content (AvgIpc) is 3.26. The predicted octanol–water partition coefficient (Wildman–Crippen LogP) is 3.91.